The molecule has 1 aromatic carbocycles. The van der Waals surface area contributed by atoms with Crippen molar-refractivity contribution in [3.63, 3.8) is 0 Å². The molecule has 1 amide bonds. The Morgan fingerprint density at radius 3 is 2.64 bits per heavy atom. The zero-order chi connectivity index (χ0) is 17.8. The molecule has 7 heteroatoms. The van der Waals surface area contributed by atoms with Gasteiger partial charge in [-0.2, -0.15) is 0 Å². The second-order valence-electron chi connectivity index (χ2n) is 6.33. The summed E-state index contributed by atoms with van der Waals surface area (Å²) in [5.74, 6) is -1.75. The van der Waals surface area contributed by atoms with Crippen LogP contribution in [0.5, 0.6) is 5.88 Å². The van der Waals surface area contributed by atoms with Crippen molar-refractivity contribution in [1.29, 1.82) is 0 Å². The minimum absolute atomic E-state index is 0.00989. The van der Waals surface area contributed by atoms with Gasteiger partial charge < -0.3 is 15.4 Å². The van der Waals surface area contributed by atoms with Gasteiger partial charge in [0.2, 0.25) is 11.8 Å². The summed E-state index contributed by atoms with van der Waals surface area (Å²) in [4.78, 5) is 30.8. The summed E-state index contributed by atoms with van der Waals surface area (Å²) in [6.45, 7) is 0. The third kappa shape index (κ3) is 4.04. The monoisotopic (exact) mass is 345 g/mol. The van der Waals surface area contributed by atoms with Crippen LogP contribution in [0.25, 0.3) is 0 Å². The van der Waals surface area contributed by atoms with Gasteiger partial charge in [-0.25, -0.2) is 9.37 Å². The average molecular weight is 345 g/mol. The molecule has 0 bridgehead atoms. The van der Waals surface area contributed by atoms with Gasteiger partial charge in [-0.3, -0.25) is 9.59 Å². The smallest absolute Gasteiger partial charge is 0.258 e. The third-order valence-corrected chi connectivity index (χ3v) is 4.60. The minimum Gasteiger partial charge on any atom is -0.493 e. The van der Waals surface area contributed by atoms with Crippen molar-refractivity contribution in [2.45, 2.75) is 44.1 Å². The molecule has 3 N–H and O–H groups in total. The van der Waals surface area contributed by atoms with Crippen LogP contribution in [0.2, 0.25) is 0 Å². The van der Waals surface area contributed by atoms with Crippen molar-refractivity contribution in [2.24, 2.45) is 0 Å². The van der Waals surface area contributed by atoms with Crippen LogP contribution in [0.15, 0.2) is 35.4 Å². The summed E-state index contributed by atoms with van der Waals surface area (Å²) in [5.41, 5.74) is 0.0583. The van der Waals surface area contributed by atoms with Crippen LogP contribution in [-0.4, -0.2) is 27.0 Å². The van der Waals surface area contributed by atoms with Gasteiger partial charge in [0.1, 0.15) is 5.82 Å². The van der Waals surface area contributed by atoms with E-state index in [1.165, 1.54) is 24.3 Å². The largest absolute Gasteiger partial charge is 0.493 e. The van der Waals surface area contributed by atoms with E-state index in [2.05, 4.69) is 15.3 Å². The van der Waals surface area contributed by atoms with E-state index in [-0.39, 0.29) is 23.9 Å². The van der Waals surface area contributed by atoms with E-state index in [1.54, 1.807) is 0 Å². The number of carbonyl (C=O) groups is 1. The van der Waals surface area contributed by atoms with Crippen molar-refractivity contribution in [1.82, 2.24) is 15.3 Å². The zero-order valence-electron chi connectivity index (χ0n) is 13.7. The molecular weight excluding hydrogens is 325 g/mol. The number of rotatable bonds is 5. The number of hydrogen-bond donors (Lipinski definition) is 3. The van der Waals surface area contributed by atoms with E-state index in [0.29, 0.717) is 5.56 Å². The van der Waals surface area contributed by atoms with Crippen LogP contribution in [0.4, 0.5) is 4.39 Å². The Morgan fingerprint density at radius 1 is 1.32 bits per heavy atom. The zero-order valence-corrected chi connectivity index (χ0v) is 13.7. The van der Waals surface area contributed by atoms with Crippen LogP contribution in [0, 0.1) is 5.82 Å². The Morgan fingerprint density at radius 2 is 2.00 bits per heavy atom. The lowest BCUT2D eigenvalue weighted by Gasteiger charge is -2.19. The number of hydrogen-bond acceptors (Lipinski definition) is 4. The molecule has 1 fully saturated rings. The SMILES string of the molecule is O=C(CC(c1ccc(F)cc1)c1c(O)nc[nH]c1=O)NC1CCCC1. The Hall–Kier alpha value is -2.70. The molecule has 1 aromatic heterocycles. The standard InChI is InChI=1S/C18H20FN3O3/c19-12-7-5-11(6-8-12)14(16-17(24)20-10-21-18(16)25)9-15(23)22-13-3-1-2-4-13/h5-8,10,13-14H,1-4,9H2,(H,22,23)(H2,20,21,24,25). The molecule has 2 aromatic rings. The summed E-state index contributed by atoms with van der Waals surface area (Å²) in [5, 5.41) is 13.0. The van der Waals surface area contributed by atoms with Gasteiger partial charge >= 0.3 is 0 Å². The highest BCUT2D eigenvalue weighted by atomic mass is 19.1. The molecule has 6 nitrogen and oxygen atoms in total. The van der Waals surface area contributed by atoms with Crippen molar-refractivity contribution in [3.8, 4) is 5.88 Å². The molecule has 1 atom stereocenters. The van der Waals surface area contributed by atoms with Crippen molar-refractivity contribution in [3.05, 3.63) is 57.9 Å². The molecule has 25 heavy (non-hydrogen) atoms. The van der Waals surface area contributed by atoms with Gasteiger partial charge in [0.05, 0.1) is 11.9 Å². The van der Waals surface area contributed by atoms with Crippen LogP contribution >= 0.6 is 0 Å². The van der Waals surface area contributed by atoms with Crippen LogP contribution in [0.1, 0.15) is 49.1 Å². The maximum Gasteiger partial charge on any atom is 0.258 e. The van der Waals surface area contributed by atoms with E-state index in [4.69, 9.17) is 0 Å². The van der Waals surface area contributed by atoms with Crippen LogP contribution in [-0.2, 0) is 4.79 Å². The summed E-state index contributed by atoms with van der Waals surface area (Å²) in [6.07, 6.45) is 5.16. The Labute approximate surface area is 144 Å². The van der Waals surface area contributed by atoms with Crippen molar-refractivity contribution >= 4 is 5.91 Å². The summed E-state index contributed by atoms with van der Waals surface area (Å²) >= 11 is 0. The number of carbonyl (C=O) groups excluding carboxylic acids is 1. The highest BCUT2D eigenvalue weighted by molar-refractivity contribution is 5.78. The maximum atomic E-state index is 13.2. The lowest BCUT2D eigenvalue weighted by molar-refractivity contribution is -0.122. The molecular formula is C18H20FN3O3. The van der Waals surface area contributed by atoms with E-state index in [1.807, 2.05) is 0 Å². The Kier molecular flexibility index (Phi) is 5.11. The molecule has 0 spiro atoms. The summed E-state index contributed by atoms with van der Waals surface area (Å²) in [6, 6.07) is 5.70. The third-order valence-electron chi connectivity index (χ3n) is 4.60. The topological polar surface area (TPSA) is 95.1 Å². The highest BCUT2D eigenvalue weighted by Crippen LogP contribution is 2.30. The fourth-order valence-electron chi connectivity index (χ4n) is 3.34. The van der Waals surface area contributed by atoms with Crippen molar-refractivity contribution < 1.29 is 14.3 Å². The minimum atomic E-state index is -0.709. The van der Waals surface area contributed by atoms with Crippen LogP contribution < -0.4 is 10.9 Å². The quantitative estimate of drug-likeness (QED) is 0.774. The molecule has 0 radical (unpaired) electrons. The van der Waals surface area contributed by atoms with E-state index in [0.717, 1.165) is 32.0 Å². The first kappa shape index (κ1) is 17.1. The summed E-state index contributed by atoms with van der Waals surface area (Å²) in [7, 11) is 0. The predicted molar refractivity (Wildman–Crippen MR) is 89.8 cm³/mol. The number of nitrogens with zero attached hydrogens (tertiary/aromatic N) is 1. The van der Waals surface area contributed by atoms with Crippen molar-refractivity contribution in [2.75, 3.05) is 0 Å². The normalized spacial score (nSPS) is 15.9. The van der Waals surface area contributed by atoms with Gasteiger partial charge in [0.25, 0.3) is 5.56 Å². The first-order valence-corrected chi connectivity index (χ1v) is 8.36. The van der Waals surface area contributed by atoms with Gasteiger partial charge in [-0.1, -0.05) is 25.0 Å². The van der Waals surface area contributed by atoms with Gasteiger partial charge in [0.15, 0.2) is 0 Å². The van der Waals surface area contributed by atoms with Gasteiger partial charge in [-0.05, 0) is 30.5 Å². The van der Waals surface area contributed by atoms with E-state index in [9.17, 15) is 19.1 Å². The number of halogens is 1. The highest BCUT2D eigenvalue weighted by Gasteiger charge is 2.26. The maximum absolute atomic E-state index is 13.2. The molecule has 3 rings (SSSR count). The number of H-pyrrole nitrogens is 1. The van der Waals surface area contributed by atoms with Crippen LogP contribution in [0.3, 0.4) is 0 Å². The van der Waals surface area contributed by atoms with E-state index < -0.39 is 23.2 Å². The lowest BCUT2D eigenvalue weighted by atomic mass is 9.89. The average Bonchev–Trinajstić information content (AvgIpc) is 3.07. The fraction of sp³-hybridized carbons (Fsp3) is 0.389. The Bertz CT molecular complexity index is 798. The fourth-order valence-corrected chi connectivity index (χ4v) is 3.34. The molecule has 1 unspecified atom stereocenters. The first-order valence-electron chi connectivity index (χ1n) is 8.36. The van der Waals surface area contributed by atoms with E-state index >= 15 is 0 Å². The lowest BCUT2D eigenvalue weighted by Crippen LogP contribution is -2.34. The van der Waals surface area contributed by atoms with Gasteiger partial charge in [0, 0.05) is 18.4 Å². The first-order chi connectivity index (χ1) is 12.0. The number of benzene rings is 1. The molecule has 1 aliphatic carbocycles. The van der Waals surface area contributed by atoms with Gasteiger partial charge in [-0.15, -0.1) is 0 Å². The molecule has 132 valence electrons. The summed E-state index contributed by atoms with van der Waals surface area (Å²) < 4.78 is 13.2. The predicted octanol–water partition coefficient (Wildman–Crippen LogP) is 2.20. The molecule has 1 heterocycles. The molecule has 0 aliphatic heterocycles. The second kappa shape index (κ2) is 7.46. The number of amides is 1. The number of nitrogens with one attached hydrogen (secondary N) is 2. The molecule has 1 saturated carbocycles. The number of aromatic nitrogens is 2. The Balaban J connectivity index is 1.90. The number of aromatic amines is 1. The number of aromatic hydroxyl groups is 1. The second-order valence-corrected chi connectivity index (χ2v) is 6.33. The molecule has 1 aliphatic rings. The molecule has 0 saturated heterocycles.